The predicted molar refractivity (Wildman–Crippen MR) is 123 cm³/mol. The molecule has 2 aromatic carbocycles. The molecule has 1 fully saturated rings. The second-order valence-corrected chi connectivity index (χ2v) is 10.6. The molecule has 0 atom stereocenters. The number of carbonyl (C=O) groups excluding carboxylic acids is 1. The number of hydrogen-bond donors (Lipinski definition) is 0. The molecule has 1 saturated heterocycles. The highest BCUT2D eigenvalue weighted by Gasteiger charge is 2.25. The van der Waals surface area contributed by atoms with Crippen LogP contribution in [0.1, 0.15) is 29.6 Å². The summed E-state index contributed by atoms with van der Waals surface area (Å²) in [6, 6.07) is 11.3. The van der Waals surface area contributed by atoms with E-state index in [0.717, 1.165) is 29.5 Å². The average molecular weight is 474 g/mol. The van der Waals surface area contributed by atoms with E-state index in [2.05, 4.69) is 10.9 Å². The largest absolute Gasteiger partial charge is 0.305 e. The molecule has 0 aliphatic carbocycles. The van der Waals surface area contributed by atoms with E-state index in [1.165, 1.54) is 39.9 Å². The number of rotatable bonds is 4. The molecule has 3 aromatic rings. The van der Waals surface area contributed by atoms with Gasteiger partial charge in [0.05, 0.1) is 21.7 Å². The quantitative estimate of drug-likeness (QED) is 0.539. The van der Waals surface area contributed by atoms with Gasteiger partial charge in [-0.05, 0) is 55.3 Å². The summed E-state index contributed by atoms with van der Waals surface area (Å²) in [5.41, 5.74) is 1.15. The van der Waals surface area contributed by atoms with Crippen molar-refractivity contribution in [2.75, 3.05) is 13.1 Å². The Morgan fingerprint density at radius 3 is 2.52 bits per heavy atom. The maximum atomic E-state index is 12.8. The van der Waals surface area contributed by atoms with Gasteiger partial charge in [-0.25, -0.2) is 8.42 Å². The molecule has 0 unspecified atom stereocenters. The Morgan fingerprint density at radius 2 is 1.84 bits per heavy atom. The van der Waals surface area contributed by atoms with E-state index in [-0.39, 0.29) is 11.4 Å². The van der Waals surface area contributed by atoms with Crippen molar-refractivity contribution in [3.63, 3.8) is 0 Å². The topological polar surface area (TPSA) is 71.7 Å². The molecule has 1 aromatic heterocycles. The number of halogens is 1. The lowest BCUT2D eigenvalue weighted by Crippen LogP contribution is -2.35. The van der Waals surface area contributed by atoms with Crippen LogP contribution in [0.25, 0.3) is 10.2 Å². The molecular weight excluding hydrogens is 454 g/mol. The fraction of sp³-hybridized carbons (Fsp3) is 0.273. The van der Waals surface area contributed by atoms with E-state index in [1.54, 1.807) is 16.7 Å². The number of nitrogens with zero attached hydrogens (tertiary/aromatic N) is 3. The predicted octanol–water partition coefficient (Wildman–Crippen LogP) is 3.91. The molecule has 0 radical (unpaired) electrons. The highest BCUT2D eigenvalue weighted by molar-refractivity contribution is 7.89. The van der Waals surface area contributed by atoms with Crippen LogP contribution in [-0.2, 0) is 16.6 Å². The summed E-state index contributed by atoms with van der Waals surface area (Å²) in [5, 5.41) is 0.588. The fourth-order valence-corrected chi connectivity index (χ4v) is 6.37. The van der Waals surface area contributed by atoms with Crippen molar-refractivity contribution < 1.29 is 13.2 Å². The summed E-state index contributed by atoms with van der Waals surface area (Å²) in [6.45, 7) is 1.33. The van der Waals surface area contributed by atoms with Gasteiger partial charge in [-0.2, -0.15) is 9.30 Å². The van der Waals surface area contributed by atoms with Crippen molar-refractivity contribution in [3.8, 4) is 12.3 Å². The number of thiazole rings is 1. The van der Waals surface area contributed by atoms with Crippen LogP contribution in [0.15, 0.2) is 52.4 Å². The number of terminal acetylenes is 1. The highest BCUT2D eigenvalue weighted by Crippen LogP contribution is 2.23. The van der Waals surface area contributed by atoms with E-state index in [0.29, 0.717) is 28.5 Å². The first-order valence-electron chi connectivity index (χ1n) is 9.82. The number of fused-ring (bicyclic) bond motifs is 1. The molecule has 0 saturated carbocycles. The lowest BCUT2D eigenvalue weighted by molar-refractivity contribution is 0.0998. The highest BCUT2D eigenvalue weighted by atomic mass is 35.5. The van der Waals surface area contributed by atoms with Crippen LogP contribution in [0.3, 0.4) is 0 Å². The lowest BCUT2D eigenvalue weighted by atomic mass is 10.2. The Kier molecular flexibility index (Phi) is 6.30. The van der Waals surface area contributed by atoms with Crippen molar-refractivity contribution in [2.45, 2.75) is 30.7 Å². The zero-order chi connectivity index (χ0) is 22.0. The van der Waals surface area contributed by atoms with Crippen LogP contribution in [0.5, 0.6) is 0 Å². The van der Waals surface area contributed by atoms with Gasteiger partial charge in [0.15, 0.2) is 4.80 Å². The van der Waals surface area contributed by atoms with Crippen LogP contribution in [0.2, 0.25) is 5.02 Å². The third-order valence-corrected chi connectivity index (χ3v) is 8.33. The molecule has 9 heteroatoms. The van der Waals surface area contributed by atoms with Gasteiger partial charge in [0.2, 0.25) is 10.0 Å². The van der Waals surface area contributed by atoms with Gasteiger partial charge < -0.3 is 4.57 Å². The Hall–Kier alpha value is -2.44. The molecule has 0 N–H and O–H groups in total. The molecule has 1 aliphatic heterocycles. The second kappa shape index (κ2) is 8.97. The van der Waals surface area contributed by atoms with Crippen molar-refractivity contribution >= 4 is 49.1 Å². The summed E-state index contributed by atoms with van der Waals surface area (Å²) < 4.78 is 29.7. The van der Waals surface area contributed by atoms with Crippen LogP contribution in [0, 0.1) is 12.3 Å². The Labute approximate surface area is 189 Å². The number of benzene rings is 2. The van der Waals surface area contributed by atoms with Crippen LogP contribution in [-0.4, -0.2) is 36.3 Å². The summed E-state index contributed by atoms with van der Waals surface area (Å²) >= 11 is 7.39. The average Bonchev–Trinajstić information content (AvgIpc) is 3.10. The van der Waals surface area contributed by atoms with Gasteiger partial charge in [0.1, 0.15) is 0 Å². The molecule has 1 amide bonds. The first kappa shape index (κ1) is 21.8. The molecule has 0 bridgehead atoms. The van der Waals surface area contributed by atoms with Crippen LogP contribution < -0.4 is 4.80 Å². The summed E-state index contributed by atoms with van der Waals surface area (Å²) in [6.07, 6.45) is 8.27. The zero-order valence-electron chi connectivity index (χ0n) is 16.6. The third kappa shape index (κ3) is 4.46. The molecular formula is C22H20ClN3O3S2. The number of amides is 1. The van der Waals surface area contributed by atoms with Gasteiger partial charge in [-0.15, -0.1) is 6.42 Å². The number of hydrogen-bond acceptors (Lipinski definition) is 4. The minimum Gasteiger partial charge on any atom is -0.305 e. The number of aromatic nitrogens is 1. The summed E-state index contributed by atoms with van der Waals surface area (Å²) in [5.74, 6) is 2.11. The van der Waals surface area contributed by atoms with Crippen molar-refractivity contribution in [2.24, 2.45) is 4.99 Å². The van der Waals surface area contributed by atoms with Gasteiger partial charge >= 0.3 is 0 Å². The lowest BCUT2D eigenvalue weighted by Gasteiger charge is -2.25. The van der Waals surface area contributed by atoms with Crippen molar-refractivity contribution in [1.29, 1.82) is 0 Å². The first-order valence-corrected chi connectivity index (χ1v) is 12.5. The van der Waals surface area contributed by atoms with Crippen molar-refractivity contribution in [1.82, 2.24) is 8.87 Å². The van der Waals surface area contributed by atoms with Gasteiger partial charge in [0, 0.05) is 23.7 Å². The minimum absolute atomic E-state index is 0.185. The first-order chi connectivity index (χ1) is 14.9. The van der Waals surface area contributed by atoms with Gasteiger partial charge in [-0.3, -0.25) is 4.79 Å². The van der Waals surface area contributed by atoms with E-state index < -0.39 is 15.9 Å². The van der Waals surface area contributed by atoms with E-state index in [9.17, 15) is 13.2 Å². The molecule has 1 aliphatic rings. The van der Waals surface area contributed by atoms with Gasteiger partial charge in [-0.1, -0.05) is 35.3 Å². The summed E-state index contributed by atoms with van der Waals surface area (Å²) in [7, 11) is -3.54. The molecule has 2 heterocycles. The monoisotopic (exact) mass is 473 g/mol. The SMILES string of the molecule is C#CCn1c(=NC(=O)c2ccc(S(=O)(=O)N3CCCCC3)cc2)sc2cc(Cl)ccc21. The normalized spacial score (nSPS) is 15.8. The number of piperidine rings is 1. The smallest absolute Gasteiger partial charge is 0.279 e. The molecule has 4 rings (SSSR count). The molecule has 31 heavy (non-hydrogen) atoms. The third-order valence-electron chi connectivity index (χ3n) is 5.15. The number of sulfonamides is 1. The van der Waals surface area contributed by atoms with Crippen molar-refractivity contribution in [3.05, 3.63) is 57.9 Å². The minimum atomic E-state index is -3.54. The maximum Gasteiger partial charge on any atom is 0.279 e. The Morgan fingerprint density at radius 1 is 1.13 bits per heavy atom. The van der Waals surface area contributed by atoms with E-state index in [1.807, 2.05) is 6.07 Å². The molecule has 160 valence electrons. The van der Waals surface area contributed by atoms with Crippen LogP contribution >= 0.6 is 22.9 Å². The maximum absolute atomic E-state index is 12.8. The Bertz CT molecular complexity index is 1340. The number of carbonyl (C=O) groups is 1. The van der Waals surface area contributed by atoms with Crippen LogP contribution in [0.4, 0.5) is 0 Å². The standard InChI is InChI=1S/C22H20ClN3O3S2/c1-2-12-26-19-11-8-17(23)15-20(19)30-22(26)24-21(27)16-6-9-18(10-7-16)31(28,29)25-13-4-3-5-14-25/h1,6-11,15H,3-5,12-14H2. The molecule has 6 nitrogen and oxygen atoms in total. The molecule has 0 spiro atoms. The second-order valence-electron chi connectivity index (χ2n) is 7.19. The zero-order valence-corrected chi connectivity index (χ0v) is 19.0. The van der Waals surface area contributed by atoms with Gasteiger partial charge in [0.25, 0.3) is 5.91 Å². The summed E-state index contributed by atoms with van der Waals surface area (Å²) in [4.78, 5) is 17.7. The van der Waals surface area contributed by atoms with E-state index >= 15 is 0 Å². The Balaban J connectivity index is 1.66. The fourth-order valence-electron chi connectivity index (χ4n) is 3.55. The van der Waals surface area contributed by atoms with E-state index in [4.69, 9.17) is 18.0 Å².